The fourth-order valence-electron chi connectivity index (χ4n) is 2.86. The van der Waals surface area contributed by atoms with Crippen LogP contribution in [-0.2, 0) is 20.9 Å². The van der Waals surface area contributed by atoms with Gasteiger partial charge in [0.05, 0.1) is 19.6 Å². The summed E-state index contributed by atoms with van der Waals surface area (Å²) in [5, 5.41) is 11.9. The average Bonchev–Trinajstić information content (AvgIpc) is 2.60. The number of hydrogen-bond donors (Lipinski definition) is 2. The predicted octanol–water partition coefficient (Wildman–Crippen LogP) is 2.36. The second kappa shape index (κ2) is 8.68. The normalized spacial score (nSPS) is 21.8. The first kappa shape index (κ1) is 18.3. The Morgan fingerprint density at radius 1 is 1.29 bits per heavy atom. The van der Waals surface area contributed by atoms with Crippen molar-refractivity contribution in [1.29, 1.82) is 0 Å². The van der Waals surface area contributed by atoms with E-state index in [0.29, 0.717) is 32.3 Å². The molecular formula is C18H25NO5. The Kier molecular flexibility index (Phi) is 6.61. The number of benzene rings is 1. The smallest absolute Gasteiger partial charge is 0.306 e. The zero-order chi connectivity index (χ0) is 17.5. The molecule has 2 N–H and O–H groups in total. The van der Waals surface area contributed by atoms with Crippen molar-refractivity contribution in [2.45, 2.75) is 51.4 Å². The van der Waals surface area contributed by atoms with Crippen LogP contribution in [0.15, 0.2) is 24.3 Å². The van der Waals surface area contributed by atoms with Gasteiger partial charge in [-0.3, -0.25) is 9.59 Å². The number of carbonyl (C=O) groups excluding carboxylic acids is 1. The Hall–Kier alpha value is -2.08. The lowest BCUT2D eigenvalue weighted by atomic mass is 9.86. The second-order valence-electron chi connectivity index (χ2n) is 6.20. The molecule has 1 aromatic carbocycles. The molecule has 0 bridgehead atoms. The molecule has 0 heterocycles. The molecule has 0 aliphatic heterocycles. The monoisotopic (exact) mass is 335 g/mol. The number of nitrogens with one attached hydrogen (secondary N) is 1. The molecule has 0 radical (unpaired) electrons. The Morgan fingerprint density at radius 2 is 2.00 bits per heavy atom. The van der Waals surface area contributed by atoms with Crippen molar-refractivity contribution in [3.8, 4) is 5.75 Å². The van der Waals surface area contributed by atoms with E-state index in [1.165, 1.54) is 0 Å². The molecule has 6 nitrogen and oxygen atoms in total. The number of methoxy groups -OCH3 is 1. The summed E-state index contributed by atoms with van der Waals surface area (Å²) in [6, 6.07) is 7.56. The lowest BCUT2D eigenvalue weighted by molar-refractivity contribution is -0.143. The van der Waals surface area contributed by atoms with Gasteiger partial charge in [0.15, 0.2) is 0 Å². The second-order valence-corrected chi connectivity index (χ2v) is 6.20. The van der Waals surface area contributed by atoms with Crippen LogP contribution in [0.4, 0.5) is 0 Å². The van der Waals surface area contributed by atoms with E-state index in [9.17, 15) is 9.59 Å². The number of amides is 1. The molecule has 132 valence electrons. The summed E-state index contributed by atoms with van der Waals surface area (Å²) in [6.45, 7) is 2.05. The number of aliphatic carboxylic acids is 1. The summed E-state index contributed by atoms with van der Waals surface area (Å²) in [4.78, 5) is 23.1. The van der Waals surface area contributed by atoms with Crippen LogP contribution in [-0.4, -0.2) is 36.2 Å². The summed E-state index contributed by atoms with van der Waals surface area (Å²) < 4.78 is 10.8. The van der Waals surface area contributed by atoms with Gasteiger partial charge in [0, 0.05) is 6.04 Å². The zero-order valence-electron chi connectivity index (χ0n) is 14.2. The molecule has 0 spiro atoms. The highest BCUT2D eigenvalue weighted by atomic mass is 16.5. The third kappa shape index (κ3) is 5.23. The maximum atomic E-state index is 12.2. The van der Waals surface area contributed by atoms with Crippen molar-refractivity contribution in [3.05, 3.63) is 29.8 Å². The molecule has 1 aliphatic rings. The van der Waals surface area contributed by atoms with E-state index in [1.54, 1.807) is 14.0 Å². The van der Waals surface area contributed by atoms with Crippen LogP contribution in [0.1, 0.15) is 38.2 Å². The average molecular weight is 335 g/mol. The van der Waals surface area contributed by atoms with Crippen molar-refractivity contribution in [3.63, 3.8) is 0 Å². The van der Waals surface area contributed by atoms with E-state index >= 15 is 0 Å². The van der Waals surface area contributed by atoms with Crippen LogP contribution >= 0.6 is 0 Å². The number of rotatable bonds is 7. The zero-order valence-corrected chi connectivity index (χ0v) is 14.2. The van der Waals surface area contributed by atoms with Gasteiger partial charge in [-0.2, -0.15) is 0 Å². The maximum Gasteiger partial charge on any atom is 0.306 e. The minimum atomic E-state index is -0.741. The van der Waals surface area contributed by atoms with Gasteiger partial charge in [0.2, 0.25) is 5.91 Å². The number of ether oxygens (including phenoxy) is 2. The minimum absolute atomic E-state index is 0.0379. The molecule has 6 heteroatoms. The summed E-state index contributed by atoms with van der Waals surface area (Å²) in [5.41, 5.74) is 0.941. The van der Waals surface area contributed by atoms with Crippen molar-refractivity contribution in [2.75, 3.05) is 7.11 Å². The molecule has 0 aromatic heterocycles. The Labute approximate surface area is 142 Å². The molecule has 1 aromatic rings. The molecule has 24 heavy (non-hydrogen) atoms. The first-order chi connectivity index (χ1) is 11.5. The molecule has 0 saturated heterocycles. The van der Waals surface area contributed by atoms with Crippen LogP contribution in [0.5, 0.6) is 5.75 Å². The molecule has 1 aliphatic carbocycles. The summed E-state index contributed by atoms with van der Waals surface area (Å²) >= 11 is 0. The Balaban J connectivity index is 1.75. The third-order valence-corrected chi connectivity index (χ3v) is 4.43. The topological polar surface area (TPSA) is 84.9 Å². The van der Waals surface area contributed by atoms with Gasteiger partial charge in [0.25, 0.3) is 0 Å². The highest BCUT2D eigenvalue weighted by molar-refractivity contribution is 5.80. The van der Waals surface area contributed by atoms with Crippen LogP contribution in [0.3, 0.4) is 0 Å². The summed E-state index contributed by atoms with van der Waals surface area (Å²) in [5.74, 6) is -0.422. The van der Waals surface area contributed by atoms with E-state index in [2.05, 4.69) is 5.32 Å². The molecule has 1 saturated carbocycles. The van der Waals surface area contributed by atoms with Gasteiger partial charge in [0.1, 0.15) is 11.9 Å². The standard InChI is InChI=1S/C18H25NO5/c1-12(24-11-13-4-3-5-16(10-13)23-2)17(20)19-15-8-6-14(7-9-15)18(21)22/h3-5,10,12,14-15H,6-9,11H2,1-2H3,(H,19,20)(H,21,22). The fourth-order valence-corrected chi connectivity index (χ4v) is 2.86. The third-order valence-electron chi connectivity index (χ3n) is 4.43. The number of hydrogen-bond acceptors (Lipinski definition) is 4. The number of carboxylic acids is 1. The number of carboxylic acid groups (broad SMARTS) is 1. The largest absolute Gasteiger partial charge is 0.497 e. The molecule has 1 unspecified atom stereocenters. The van der Waals surface area contributed by atoms with Gasteiger partial charge in [-0.25, -0.2) is 0 Å². The van der Waals surface area contributed by atoms with Crippen LogP contribution < -0.4 is 10.1 Å². The highest BCUT2D eigenvalue weighted by Gasteiger charge is 2.27. The highest BCUT2D eigenvalue weighted by Crippen LogP contribution is 2.24. The van der Waals surface area contributed by atoms with E-state index < -0.39 is 12.1 Å². The van der Waals surface area contributed by atoms with E-state index in [-0.39, 0.29) is 17.9 Å². The van der Waals surface area contributed by atoms with Crippen LogP contribution in [0, 0.1) is 5.92 Å². The predicted molar refractivity (Wildman–Crippen MR) is 88.8 cm³/mol. The summed E-state index contributed by atoms with van der Waals surface area (Å²) in [6.07, 6.45) is 2.06. The Bertz CT molecular complexity index is 566. The van der Waals surface area contributed by atoms with E-state index in [1.807, 2.05) is 24.3 Å². The van der Waals surface area contributed by atoms with Crippen LogP contribution in [0.25, 0.3) is 0 Å². The van der Waals surface area contributed by atoms with Crippen molar-refractivity contribution >= 4 is 11.9 Å². The van der Waals surface area contributed by atoms with E-state index in [4.69, 9.17) is 14.6 Å². The minimum Gasteiger partial charge on any atom is -0.497 e. The fraction of sp³-hybridized carbons (Fsp3) is 0.556. The van der Waals surface area contributed by atoms with Gasteiger partial charge < -0.3 is 19.9 Å². The molecule has 1 atom stereocenters. The molecule has 1 fully saturated rings. The molecule has 1 amide bonds. The maximum absolute atomic E-state index is 12.2. The van der Waals surface area contributed by atoms with Gasteiger partial charge >= 0.3 is 5.97 Å². The lowest BCUT2D eigenvalue weighted by Gasteiger charge is -2.27. The number of carbonyl (C=O) groups is 2. The summed E-state index contributed by atoms with van der Waals surface area (Å²) in [7, 11) is 1.61. The first-order valence-electron chi connectivity index (χ1n) is 8.27. The SMILES string of the molecule is COc1cccc(COC(C)C(=O)NC2CCC(C(=O)O)CC2)c1. The van der Waals surface area contributed by atoms with Gasteiger partial charge in [-0.15, -0.1) is 0 Å². The van der Waals surface area contributed by atoms with Gasteiger partial charge in [-0.05, 0) is 50.3 Å². The lowest BCUT2D eigenvalue weighted by Crippen LogP contribution is -2.43. The quantitative estimate of drug-likeness (QED) is 0.799. The van der Waals surface area contributed by atoms with Crippen molar-refractivity contribution in [2.24, 2.45) is 5.92 Å². The van der Waals surface area contributed by atoms with Gasteiger partial charge in [-0.1, -0.05) is 12.1 Å². The first-order valence-corrected chi connectivity index (χ1v) is 8.27. The van der Waals surface area contributed by atoms with E-state index in [0.717, 1.165) is 11.3 Å². The molecular weight excluding hydrogens is 310 g/mol. The van der Waals surface area contributed by atoms with Crippen molar-refractivity contribution in [1.82, 2.24) is 5.32 Å². The Morgan fingerprint density at radius 3 is 2.62 bits per heavy atom. The molecule has 2 rings (SSSR count). The van der Waals surface area contributed by atoms with Crippen molar-refractivity contribution < 1.29 is 24.2 Å². The van der Waals surface area contributed by atoms with Crippen LogP contribution in [0.2, 0.25) is 0 Å².